The highest BCUT2D eigenvalue weighted by atomic mass is 32.2. The number of nitrogen functional groups attached to an aromatic ring is 1. The lowest BCUT2D eigenvalue weighted by Crippen LogP contribution is -2.31. The van der Waals surface area contributed by atoms with Gasteiger partial charge < -0.3 is 39.6 Å². The Morgan fingerprint density at radius 1 is 1.23 bits per heavy atom. The molecule has 2 aromatic heterocycles. The molecule has 5 atom stereocenters. The predicted molar refractivity (Wildman–Crippen MR) is 139 cm³/mol. The number of aliphatic hydroxyl groups excluding tert-OH is 2. The number of nitrogens with zero attached hydrogens (tertiary/aromatic N) is 4. The molecule has 2 fully saturated rings. The molecule has 0 spiro atoms. The lowest BCUT2D eigenvalue weighted by Gasteiger charge is -2.25. The van der Waals surface area contributed by atoms with Crippen LogP contribution in [0.1, 0.15) is 37.4 Å². The van der Waals surface area contributed by atoms with E-state index in [-0.39, 0.29) is 24.8 Å². The van der Waals surface area contributed by atoms with Crippen LogP contribution in [0.4, 0.5) is 5.82 Å². The van der Waals surface area contributed by atoms with Gasteiger partial charge in [0, 0.05) is 5.75 Å². The predicted octanol–water partition coefficient (Wildman–Crippen LogP) is 1.53. The summed E-state index contributed by atoms with van der Waals surface area (Å²) in [5.74, 6) is -0.332. The van der Waals surface area contributed by atoms with Gasteiger partial charge in [0.1, 0.15) is 37.0 Å². The average molecular weight is 562 g/mol. The zero-order valence-corrected chi connectivity index (χ0v) is 22.5. The summed E-state index contributed by atoms with van der Waals surface area (Å²) < 4.78 is 30.7. The van der Waals surface area contributed by atoms with Crippen molar-refractivity contribution in [2.75, 3.05) is 31.3 Å². The monoisotopic (exact) mass is 561 g/mol. The Morgan fingerprint density at radius 3 is 2.69 bits per heavy atom. The van der Waals surface area contributed by atoms with Crippen LogP contribution in [0.2, 0.25) is 0 Å². The van der Waals surface area contributed by atoms with Gasteiger partial charge in [-0.2, -0.15) is 0 Å². The average Bonchev–Trinajstić information content (AvgIpc) is 3.55. The Labute approximate surface area is 228 Å². The molecule has 14 heteroatoms. The second-order valence-corrected chi connectivity index (χ2v) is 10.5. The van der Waals surface area contributed by atoms with E-state index < -0.39 is 42.4 Å². The number of rotatable bonds is 10. The maximum Gasteiger partial charge on any atom is 0.338 e. The fourth-order valence-electron chi connectivity index (χ4n) is 4.56. The number of aliphatic hydroxyl groups is 2. The summed E-state index contributed by atoms with van der Waals surface area (Å²) in [4.78, 5) is 24.9. The fourth-order valence-corrected chi connectivity index (χ4v) is 5.49. The van der Waals surface area contributed by atoms with Crippen molar-refractivity contribution in [2.45, 2.75) is 62.4 Å². The maximum atomic E-state index is 11.8. The van der Waals surface area contributed by atoms with Crippen LogP contribution < -0.4 is 10.5 Å². The van der Waals surface area contributed by atoms with Gasteiger partial charge in [-0.1, -0.05) is 11.8 Å². The number of fused-ring (bicyclic) bond motifs is 2. The number of carbonyl (C=O) groups is 1. The Bertz CT molecular complexity index is 1320. The van der Waals surface area contributed by atoms with Crippen molar-refractivity contribution in [3.63, 3.8) is 0 Å². The van der Waals surface area contributed by atoms with Crippen LogP contribution in [0.5, 0.6) is 5.75 Å². The minimum atomic E-state index is -0.858. The summed E-state index contributed by atoms with van der Waals surface area (Å²) in [6.07, 6.45) is -1.85. The summed E-state index contributed by atoms with van der Waals surface area (Å²) in [6.45, 7) is 5.41. The molecule has 4 N–H and O–H groups in total. The number of esters is 1. The van der Waals surface area contributed by atoms with Crippen molar-refractivity contribution < 1.29 is 38.7 Å². The molecule has 2 saturated heterocycles. The molecule has 39 heavy (non-hydrogen) atoms. The molecule has 0 saturated carbocycles. The molecule has 1 unspecified atom stereocenters. The van der Waals surface area contributed by atoms with Crippen molar-refractivity contribution in [2.24, 2.45) is 0 Å². The number of ether oxygens (including phenoxy) is 5. The molecule has 0 radical (unpaired) electrons. The number of imidazole rings is 1. The molecular weight excluding hydrogens is 530 g/mol. The smallest absolute Gasteiger partial charge is 0.338 e. The Balaban J connectivity index is 1.30. The highest BCUT2D eigenvalue weighted by Gasteiger charge is 2.56. The Morgan fingerprint density at radius 2 is 1.97 bits per heavy atom. The molecule has 0 aliphatic carbocycles. The number of hydrogen-bond donors (Lipinski definition) is 3. The van der Waals surface area contributed by atoms with E-state index in [1.54, 1.807) is 49.6 Å². The molecule has 0 amide bonds. The Hall–Kier alpha value is -3.01. The summed E-state index contributed by atoms with van der Waals surface area (Å²) in [6, 6.07) is 6.49. The molecule has 3 aromatic rings. The van der Waals surface area contributed by atoms with Crippen molar-refractivity contribution >= 4 is 34.7 Å². The second kappa shape index (κ2) is 11.2. The number of benzene rings is 1. The standard InChI is InChI=1S/C25H31N5O8S/c1-4-34-23(33)13-5-7-15(8-6-13)35-10-14(32)11-39-24-29-17-20(26)27-12-28-21(17)30(24)22-19-18(16(9-31)36-22)37-25(2,3)38-19/h5-8,12,14,16,18-19,22,31-32H,4,9-11H2,1-3H3,(H2,26,27,28)/t14?,16-,18-,19-,22-/m1/s1. The first kappa shape index (κ1) is 27.6. The quantitative estimate of drug-likeness (QED) is 0.240. The first-order valence-corrected chi connectivity index (χ1v) is 13.5. The summed E-state index contributed by atoms with van der Waals surface area (Å²) in [7, 11) is 0. The van der Waals surface area contributed by atoms with Crippen molar-refractivity contribution in [3.8, 4) is 5.75 Å². The number of aromatic nitrogens is 4. The van der Waals surface area contributed by atoms with Gasteiger partial charge in [-0.05, 0) is 45.0 Å². The van der Waals surface area contributed by atoms with Gasteiger partial charge >= 0.3 is 5.97 Å². The molecule has 5 rings (SSSR count). The molecule has 210 valence electrons. The SMILES string of the molecule is CCOC(=O)c1ccc(OCC(O)CSc2nc3c(N)ncnc3n2[C@@H]2O[C@H](CO)[C@H]3OC(C)(C)O[C@H]32)cc1. The van der Waals surface area contributed by atoms with E-state index >= 15 is 0 Å². The van der Waals surface area contributed by atoms with Crippen LogP contribution in [0.15, 0.2) is 35.7 Å². The van der Waals surface area contributed by atoms with E-state index in [1.165, 1.54) is 18.1 Å². The van der Waals surface area contributed by atoms with Crippen LogP contribution in [-0.2, 0) is 18.9 Å². The third kappa shape index (κ3) is 5.66. The first-order chi connectivity index (χ1) is 18.7. The van der Waals surface area contributed by atoms with Crippen LogP contribution in [-0.4, -0.2) is 91.5 Å². The van der Waals surface area contributed by atoms with Crippen molar-refractivity contribution in [1.82, 2.24) is 19.5 Å². The largest absolute Gasteiger partial charge is 0.491 e. The minimum Gasteiger partial charge on any atom is -0.491 e. The van der Waals surface area contributed by atoms with E-state index in [0.717, 1.165) is 0 Å². The summed E-state index contributed by atoms with van der Waals surface area (Å²) in [5.41, 5.74) is 7.33. The number of hydrogen-bond acceptors (Lipinski definition) is 13. The zero-order chi connectivity index (χ0) is 27.7. The van der Waals surface area contributed by atoms with Gasteiger partial charge in [-0.3, -0.25) is 4.57 Å². The lowest BCUT2D eigenvalue weighted by molar-refractivity contribution is -0.200. The molecule has 2 aliphatic rings. The van der Waals surface area contributed by atoms with Gasteiger partial charge in [0.15, 0.2) is 34.2 Å². The molecule has 2 aliphatic heterocycles. The van der Waals surface area contributed by atoms with E-state index in [2.05, 4.69) is 15.0 Å². The normalized spacial score (nSPS) is 24.5. The van der Waals surface area contributed by atoms with Crippen LogP contribution >= 0.6 is 11.8 Å². The van der Waals surface area contributed by atoms with Crippen molar-refractivity contribution in [3.05, 3.63) is 36.2 Å². The lowest BCUT2D eigenvalue weighted by atomic mass is 10.1. The Kier molecular flexibility index (Phi) is 7.94. The van der Waals surface area contributed by atoms with Crippen LogP contribution in [0, 0.1) is 0 Å². The number of carbonyl (C=O) groups excluding carboxylic acids is 1. The number of thioether (sulfide) groups is 1. The van der Waals surface area contributed by atoms with E-state index in [4.69, 9.17) is 29.4 Å². The highest BCUT2D eigenvalue weighted by molar-refractivity contribution is 7.99. The highest BCUT2D eigenvalue weighted by Crippen LogP contribution is 2.45. The third-order valence-corrected chi connectivity index (χ3v) is 7.34. The van der Waals surface area contributed by atoms with Crippen LogP contribution in [0.3, 0.4) is 0 Å². The van der Waals surface area contributed by atoms with E-state index in [1.807, 2.05) is 0 Å². The molecule has 13 nitrogen and oxygen atoms in total. The minimum absolute atomic E-state index is 0.0102. The third-order valence-electron chi connectivity index (χ3n) is 6.25. The maximum absolute atomic E-state index is 11.8. The van der Waals surface area contributed by atoms with Gasteiger partial charge in [-0.15, -0.1) is 0 Å². The first-order valence-electron chi connectivity index (χ1n) is 12.5. The molecule has 0 bridgehead atoms. The molecular formula is C25H31N5O8S. The second-order valence-electron chi connectivity index (χ2n) is 9.53. The van der Waals surface area contributed by atoms with Gasteiger partial charge in [0.2, 0.25) is 0 Å². The fraction of sp³-hybridized carbons (Fsp3) is 0.520. The van der Waals surface area contributed by atoms with E-state index in [9.17, 15) is 15.0 Å². The molecule has 1 aromatic carbocycles. The summed E-state index contributed by atoms with van der Waals surface area (Å²) >= 11 is 1.26. The van der Waals surface area contributed by atoms with Crippen molar-refractivity contribution in [1.29, 1.82) is 0 Å². The van der Waals surface area contributed by atoms with Gasteiger partial charge in [0.25, 0.3) is 0 Å². The number of anilines is 1. The zero-order valence-electron chi connectivity index (χ0n) is 21.7. The topological polar surface area (TPSA) is 173 Å². The van der Waals surface area contributed by atoms with Gasteiger partial charge in [-0.25, -0.2) is 19.7 Å². The van der Waals surface area contributed by atoms with Gasteiger partial charge in [0.05, 0.1) is 24.9 Å². The van der Waals surface area contributed by atoms with E-state index in [0.29, 0.717) is 34.2 Å². The summed E-state index contributed by atoms with van der Waals surface area (Å²) in [5, 5.41) is 21.0. The number of nitrogens with two attached hydrogens (primary N) is 1. The van der Waals surface area contributed by atoms with Crippen LogP contribution in [0.25, 0.3) is 11.2 Å². The molecule has 4 heterocycles.